The van der Waals surface area contributed by atoms with E-state index in [9.17, 15) is 4.79 Å². The number of anilines is 2. The van der Waals surface area contributed by atoms with E-state index in [0.29, 0.717) is 17.4 Å². The van der Waals surface area contributed by atoms with E-state index in [2.05, 4.69) is 59.6 Å². The molecule has 2 N–H and O–H groups in total. The minimum atomic E-state index is -0.389. The van der Waals surface area contributed by atoms with Crippen LogP contribution in [0.5, 0.6) is 0 Å². The maximum absolute atomic E-state index is 12.9. The van der Waals surface area contributed by atoms with Gasteiger partial charge in [0.05, 0.1) is 35.8 Å². The zero-order valence-corrected chi connectivity index (χ0v) is 21.6. The zero-order chi connectivity index (χ0) is 25.9. The van der Waals surface area contributed by atoms with Crippen molar-refractivity contribution in [3.63, 3.8) is 0 Å². The van der Waals surface area contributed by atoms with E-state index in [1.165, 1.54) is 0 Å². The van der Waals surface area contributed by atoms with Gasteiger partial charge in [0, 0.05) is 42.3 Å². The molecule has 4 aromatic rings. The number of nitrogens with one attached hydrogen (secondary N) is 2. The number of benzene rings is 1. The summed E-state index contributed by atoms with van der Waals surface area (Å²) in [6.07, 6.45) is 8.78. The maximum atomic E-state index is 12.9. The second-order valence-corrected chi connectivity index (χ2v) is 9.95. The van der Waals surface area contributed by atoms with Gasteiger partial charge in [-0.1, -0.05) is 17.3 Å². The lowest BCUT2D eigenvalue weighted by molar-refractivity contribution is 0.102. The van der Waals surface area contributed by atoms with Gasteiger partial charge in [-0.3, -0.25) is 15.1 Å². The van der Waals surface area contributed by atoms with Crippen LogP contribution < -0.4 is 10.6 Å². The molecule has 0 radical (unpaired) electrons. The van der Waals surface area contributed by atoms with Crippen molar-refractivity contribution in [1.29, 1.82) is 0 Å². The summed E-state index contributed by atoms with van der Waals surface area (Å²) >= 11 is 0. The van der Waals surface area contributed by atoms with Crippen LogP contribution in [0.15, 0.2) is 43.0 Å². The standard InChI is InChI=1S/C26H32N10O/c1-16(2)29-24-14-27-13-22(30-24)18-5-6-19-12-28-26(31-21(19)11-18)32-25(37)23-15-36(34-33-23)20-7-9-35(10-8-20)17(3)4/h5-6,11-17,20H,7-10H2,1-4H3,(H,29,30)(H,28,31,32,37). The highest BCUT2D eigenvalue weighted by atomic mass is 16.2. The highest BCUT2D eigenvalue weighted by molar-refractivity contribution is 6.02. The number of likely N-dealkylation sites (tertiary alicyclic amines) is 1. The number of carbonyl (C=O) groups is 1. The molecule has 0 aliphatic carbocycles. The predicted octanol–water partition coefficient (Wildman–Crippen LogP) is 3.80. The lowest BCUT2D eigenvalue weighted by Gasteiger charge is -2.34. The van der Waals surface area contributed by atoms with Gasteiger partial charge in [-0.25, -0.2) is 19.6 Å². The van der Waals surface area contributed by atoms with E-state index in [1.807, 2.05) is 36.7 Å². The predicted molar refractivity (Wildman–Crippen MR) is 142 cm³/mol. The number of hydrogen-bond donors (Lipinski definition) is 2. The summed E-state index contributed by atoms with van der Waals surface area (Å²) in [6.45, 7) is 10.6. The summed E-state index contributed by atoms with van der Waals surface area (Å²) in [5.74, 6) is 0.525. The largest absolute Gasteiger partial charge is 0.367 e. The molecular formula is C26H32N10O. The van der Waals surface area contributed by atoms with Gasteiger partial charge < -0.3 is 10.2 Å². The van der Waals surface area contributed by atoms with Crippen molar-refractivity contribution in [2.75, 3.05) is 23.7 Å². The average Bonchev–Trinajstić information content (AvgIpc) is 3.39. The molecule has 3 aromatic heterocycles. The van der Waals surface area contributed by atoms with E-state index in [1.54, 1.807) is 24.8 Å². The number of aromatic nitrogens is 7. The molecule has 37 heavy (non-hydrogen) atoms. The first-order chi connectivity index (χ1) is 17.9. The Balaban J connectivity index is 1.29. The minimum absolute atomic E-state index is 0.204. The Bertz CT molecular complexity index is 1390. The van der Waals surface area contributed by atoms with Gasteiger partial charge in [0.25, 0.3) is 5.91 Å². The summed E-state index contributed by atoms with van der Waals surface area (Å²) in [4.78, 5) is 33.1. The highest BCUT2D eigenvalue weighted by Crippen LogP contribution is 2.24. The molecule has 11 heteroatoms. The number of nitrogens with zero attached hydrogens (tertiary/aromatic N) is 8. The number of rotatable bonds is 7. The van der Waals surface area contributed by atoms with Crippen molar-refractivity contribution in [3.05, 3.63) is 48.7 Å². The minimum Gasteiger partial charge on any atom is -0.367 e. The van der Waals surface area contributed by atoms with E-state index in [0.717, 1.165) is 42.6 Å². The third kappa shape index (κ3) is 5.72. The van der Waals surface area contributed by atoms with Gasteiger partial charge in [0.2, 0.25) is 5.95 Å². The molecular weight excluding hydrogens is 468 g/mol. The molecule has 1 aliphatic rings. The number of piperidine rings is 1. The Morgan fingerprint density at radius 2 is 1.86 bits per heavy atom. The Morgan fingerprint density at radius 3 is 2.62 bits per heavy atom. The Morgan fingerprint density at radius 1 is 1.05 bits per heavy atom. The second-order valence-electron chi connectivity index (χ2n) is 9.95. The molecule has 1 amide bonds. The lowest BCUT2D eigenvalue weighted by atomic mass is 10.0. The van der Waals surface area contributed by atoms with Crippen LogP contribution in [0.25, 0.3) is 22.2 Å². The molecule has 0 atom stereocenters. The molecule has 5 rings (SSSR count). The topological polar surface area (TPSA) is 127 Å². The van der Waals surface area contributed by atoms with Crippen molar-refractivity contribution < 1.29 is 4.79 Å². The van der Waals surface area contributed by atoms with Gasteiger partial charge in [0.15, 0.2) is 5.69 Å². The fraction of sp³-hybridized carbons (Fsp3) is 0.423. The fourth-order valence-electron chi connectivity index (χ4n) is 4.50. The molecule has 192 valence electrons. The third-order valence-electron chi connectivity index (χ3n) is 6.52. The first-order valence-corrected chi connectivity index (χ1v) is 12.7. The van der Waals surface area contributed by atoms with Crippen LogP contribution in [0.1, 0.15) is 57.1 Å². The van der Waals surface area contributed by atoms with Gasteiger partial charge in [0.1, 0.15) is 5.82 Å². The first kappa shape index (κ1) is 24.7. The molecule has 4 heterocycles. The van der Waals surface area contributed by atoms with Crippen LogP contribution in [0.2, 0.25) is 0 Å². The normalized spacial score (nSPS) is 15.0. The van der Waals surface area contributed by atoms with E-state index in [4.69, 9.17) is 0 Å². The number of carbonyl (C=O) groups excluding carboxylic acids is 1. The molecule has 0 spiro atoms. The van der Waals surface area contributed by atoms with E-state index in [-0.39, 0.29) is 29.6 Å². The third-order valence-corrected chi connectivity index (χ3v) is 6.52. The fourth-order valence-corrected chi connectivity index (χ4v) is 4.50. The van der Waals surface area contributed by atoms with Gasteiger partial charge >= 0.3 is 0 Å². The Labute approximate surface area is 215 Å². The molecule has 1 aromatic carbocycles. The first-order valence-electron chi connectivity index (χ1n) is 12.7. The molecule has 1 fully saturated rings. The van der Waals surface area contributed by atoms with Crippen molar-refractivity contribution >= 4 is 28.6 Å². The van der Waals surface area contributed by atoms with Crippen molar-refractivity contribution in [2.24, 2.45) is 0 Å². The van der Waals surface area contributed by atoms with Crippen LogP contribution in [-0.4, -0.2) is 70.9 Å². The van der Waals surface area contributed by atoms with Crippen molar-refractivity contribution in [2.45, 2.75) is 58.7 Å². The molecule has 0 bridgehead atoms. The van der Waals surface area contributed by atoms with E-state index < -0.39 is 0 Å². The maximum Gasteiger partial charge on any atom is 0.280 e. The quantitative estimate of drug-likeness (QED) is 0.389. The van der Waals surface area contributed by atoms with Crippen molar-refractivity contribution in [1.82, 2.24) is 39.8 Å². The van der Waals surface area contributed by atoms with Crippen LogP contribution >= 0.6 is 0 Å². The molecule has 0 saturated carbocycles. The Kier molecular flexibility index (Phi) is 7.04. The number of amides is 1. The SMILES string of the molecule is CC(C)Nc1cncc(-c2ccc3cnc(NC(=O)c4cn(C5CCN(C(C)C)CC5)nn4)nc3c2)n1. The molecule has 11 nitrogen and oxygen atoms in total. The molecule has 0 unspecified atom stereocenters. The summed E-state index contributed by atoms with van der Waals surface area (Å²) < 4.78 is 1.81. The summed E-state index contributed by atoms with van der Waals surface area (Å²) in [5, 5.41) is 15.2. The number of hydrogen-bond acceptors (Lipinski definition) is 9. The van der Waals surface area contributed by atoms with Crippen LogP contribution in [0.3, 0.4) is 0 Å². The van der Waals surface area contributed by atoms with Crippen LogP contribution in [0, 0.1) is 0 Å². The second kappa shape index (κ2) is 10.6. The molecule has 1 aliphatic heterocycles. The van der Waals surface area contributed by atoms with Gasteiger partial charge in [-0.15, -0.1) is 5.10 Å². The number of fused-ring (bicyclic) bond motifs is 1. The average molecular weight is 501 g/mol. The van der Waals surface area contributed by atoms with Crippen LogP contribution in [0.4, 0.5) is 11.8 Å². The Hall–Kier alpha value is -3.99. The summed E-state index contributed by atoms with van der Waals surface area (Å²) in [6, 6.07) is 6.83. The molecule has 1 saturated heterocycles. The van der Waals surface area contributed by atoms with Crippen molar-refractivity contribution in [3.8, 4) is 11.3 Å². The van der Waals surface area contributed by atoms with Gasteiger partial charge in [-0.2, -0.15) is 0 Å². The summed E-state index contributed by atoms with van der Waals surface area (Å²) in [5.41, 5.74) is 2.53. The van der Waals surface area contributed by atoms with Gasteiger partial charge in [-0.05, 0) is 46.6 Å². The van der Waals surface area contributed by atoms with Crippen LogP contribution in [-0.2, 0) is 0 Å². The lowest BCUT2D eigenvalue weighted by Crippen LogP contribution is -2.39. The highest BCUT2D eigenvalue weighted by Gasteiger charge is 2.24. The monoisotopic (exact) mass is 500 g/mol. The zero-order valence-electron chi connectivity index (χ0n) is 21.6. The smallest absolute Gasteiger partial charge is 0.280 e. The summed E-state index contributed by atoms with van der Waals surface area (Å²) in [7, 11) is 0. The van der Waals surface area contributed by atoms with E-state index >= 15 is 0 Å².